The van der Waals surface area contributed by atoms with Crippen molar-refractivity contribution in [3.8, 4) is 78.7 Å². The predicted molar refractivity (Wildman–Crippen MR) is 250 cm³/mol. The number of aromatic nitrogens is 3. The Morgan fingerprint density at radius 3 is 1.13 bits per heavy atom. The molecular weight excluding hydrogens is 739 g/mol. The third-order valence-electron chi connectivity index (χ3n) is 12.0. The minimum absolute atomic E-state index is 0.480. The third-order valence-corrected chi connectivity index (χ3v) is 12.0. The zero-order valence-electron chi connectivity index (χ0n) is 33.4. The van der Waals surface area contributed by atoms with Crippen LogP contribution in [0.5, 0.6) is 0 Å². The molecule has 1 aromatic heterocycles. The number of fused-ring (bicyclic) bond motifs is 3. The molecular formula is C58H39N3. The molecule has 10 aromatic rings. The average molecular weight is 778 g/mol. The zero-order chi connectivity index (χ0) is 40.6. The van der Waals surface area contributed by atoms with Gasteiger partial charge < -0.3 is 0 Å². The smallest absolute Gasteiger partial charge is 0.164 e. The molecule has 0 spiro atoms. The number of hydrogen-bond donors (Lipinski definition) is 0. The van der Waals surface area contributed by atoms with Crippen molar-refractivity contribution in [2.24, 2.45) is 0 Å². The van der Waals surface area contributed by atoms with Gasteiger partial charge in [-0.1, -0.05) is 224 Å². The third kappa shape index (κ3) is 6.44. The Morgan fingerprint density at radius 1 is 0.230 bits per heavy atom. The Balaban J connectivity index is 1.04. The fourth-order valence-electron chi connectivity index (χ4n) is 9.11. The fraction of sp³-hybridized carbons (Fsp3) is 0.0172. The summed E-state index contributed by atoms with van der Waals surface area (Å²) >= 11 is 0. The van der Waals surface area contributed by atoms with Crippen LogP contribution in [0.2, 0.25) is 0 Å². The van der Waals surface area contributed by atoms with Gasteiger partial charge in [0.25, 0.3) is 0 Å². The van der Waals surface area contributed by atoms with Crippen LogP contribution in [0, 0.1) is 0 Å². The van der Waals surface area contributed by atoms with Crippen molar-refractivity contribution in [3.63, 3.8) is 0 Å². The Morgan fingerprint density at radius 2 is 0.590 bits per heavy atom. The largest absolute Gasteiger partial charge is 0.208 e. The molecule has 61 heavy (non-hydrogen) atoms. The molecule has 3 heteroatoms. The Labute approximate surface area is 356 Å². The van der Waals surface area contributed by atoms with Crippen LogP contribution in [0.1, 0.15) is 22.3 Å². The maximum Gasteiger partial charge on any atom is 0.164 e. The van der Waals surface area contributed by atoms with E-state index in [1.54, 1.807) is 0 Å². The van der Waals surface area contributed by atoms with Crippen molar-refractivity contribution in [2.75, 3.05) is 0 Å². The van der Waals surface area contributed by atoms with E-state index >= 15 is 0 Å². The van der Waals surface area contributed by atoms with E-state index in [0.29, 0.717) is 17.5 Å². The fourth-order valence-corrected chi connectivity index (χ4v) is 9.11. The number of nitrogens with zero attached hydrogens (tertiary/aromatic N) is 3. The maximum atomic E-state index is 5.17. The number of rotatable bonds is 8. The van der Waals surface area contributed by atoms with Crippen LogP contribution in [-0.4, -0.2) is 15.0 Å². The Hall–Kier alpha value is -8.01. The summed E-state index contributed by atoms with van der Waals surface area (Å²) in [6.07, 6.45) is 0. The van der Waals surface area contributed by atoms with Gasteiger partial charge in [-0.25, -0.2) is 15.0 Å². The molecule has 0 N–H and O–H groups in total. The highest BCUT2D eigenvalue weighted by atomic mass is 15.0. The molecule has 11 rings (SSSR count). The van der Waals surface area contributed by atoms with Crippen molar-refractivity contribution < 1.29 is 0 Å². The van der Waals surface area contributed by atoms with Crippen LogP contribution < -0.4 is 0 Å². The van der Waals surface area contributed by atoms with Crippen LogP contribution in [0.25, 0.3) is 78.7 Å². The lowest BCUT2D eigenvalue weighted by Gasteiger charge is -2.34. The van der Waals surface area contributed by atoms with Gasteiger partial charge in [0.05, 0.1) is 5.41 Å². The van der Waals surface area contributed by atoms with Crippen LogP contribution in [0.4, 0.5) is 0 Å². The van der Waals surface area contributed by atoms with Crippen molar-refractivity contribution in [1.29, 1.82) is 0 Å². The maximum absolute atomic E-state index is 5.17. The van der Waals surface area contributed by atoms with Crippen LogP contribution in [-0.2, 0) is 5.41 Å². The van der Waals surface area contributed by atoms with Crippen LogP contribution >= 0.6 is 0 Å². The highest BCUT2D eigenvalue weighted by Gasteiger charge is 2.46. The molecule has 1 aliphatic rings. The van der Waals surface area contributed by atoms with E-state index in [9.17, 15) is 0 Å². The molecule has 0 saturated carbocycles. The van der Waals surface area contributed by atoms with E-state index in [2.05, 4.69) is 224 Å². The van der Waals surface area contributed by atoms with Crippen molar-refractivity contribution >= 4 is 0 Å². The first-order valence-corrected chi connectivity index (χ1v) is 20.8. The van der Waals surface area contributed by atoms with Gasteiger partial charge in [-0.3, -0.25) is 0 Å². The molecule has 1 heterocycles. The Bertz CT molecular complexity index is 3000. The van der Waals surface area contributed by atoms with E-state index < -0.39 is 5.41 Å². The van der Waals surface area contributed by atoms with Crippen molar-refractivity contribution in [3.05, 3.63) is 259 Å². The molecule has 0 bridgehead atoms. The summed E-state index contributed by atoms with van der Waals surface area (Å²) in [5.41, 5.74) is 16.7. The molecule has 1 aliphatic carbocycles. The van der Waals surface area contributed by atoms with E-state index in [1.165, 1.54) is 44.5 Å². The summed E-state index contributed by atoms with van der Waals surface area (Å²) in [5, 5.41) is 0. The van der Waals surface area contributed by atoms with E-state index in [-0.39, 0.29) is 0 Å². The lowest BCUT2D eigenvalue weighted by molar-refractivity contribution is 0.769. The van der Waals surface area contributed by atoms with E-state index in [1.807, 2.05) is 12.1 Å². The molecule has 0 amide bonds. The quantitative estimate of drug-likeness (QED) is 0.154. The SMILES string of the molecule is c1ccc(-c2ccc(-c3nc(-c4ccc(-c5ccccc5)cc4)nc(-c4cccc(-c5ccc6c(c5)C(c5ccccc5)(c5ccccc5)c5ccccc5-6)c4)n3)cc2)cc1. The summed E-state index contributed by atoms with van der Waals surface area (Å²) < 4.78 is 0. The summed E-state index contributed by atoms with van der Waals surface area (Å²) in [4.78, 5) is 15.4. The van der Waals surface area contributed by atoms with Crippen molar-refractivity contribution in [2.45, 2.75) is 5.41 Å². The van der Waals surface area contributed by atoms with Gasteiger partial charge in [0.2, 0.25) is 0 Å². The molecule has 0 unspecified atom stereocenters. The molecule has 9 aromatic carbocycles. The number of hydrogen-bond acceptors (Lipinski definition) is 3. The second-order valence-corrected chi connectivity index (χ2v) is 15.6. The molecule has 0 fully saturated rings. The zero-order valence-corrected chi connectivity index (χ0v) is 33.4. The monoisotopic (exact) mass is 777 g/mol. The van der Waals surface area contributed by atoms with Gasteiger partial charge in [0, 0.05) is 16.7 Å². The van der Waals surface area contributed by atoms with Gasteiger partial charge >= 0.3 is 0 Å². The predicted octanol–water partition coefficient (Wildman–Crippen LogP) is 14.2. The normalized spacial score (nSPS) is 12.4. The molecule has 0 radical (unpaired) electrons. The van der Waals surface area contributed by atoms with Gasteiger partial charge in [0.15, 0.2) is 17.5 Å². The molecule has 0 saturated heterocycles. The first-order chi connectivity index (χ1) is 30.2. The van der Waals surface area contributed by atoms with Gasteiger partial charge in [-0.2, -0.15) is 0 Å². The first kappa shape index (κ1) is 36.1. The molecule has 0 atom stereocenters. The lowest BCUT2D eigenvalue weighted by Crippen LogP contribution is -2.28. The standard InChI is InChI=1S/C58H39N3/c1-5-16-40(17-6-1)42-28-32-44(33-29-42)55-59-56(45-34-30-43(31-35-45)41-18-7-2-8-19-41)61-57(60-55)48-21-15-20-46(38-48)47-36-37-52-51-26-13-14-27-53(51)58(54(52)39-47,49-22-9-3-10-23-49)50-24-11-4-12-25-50/h1-39H. The average Bonchev–Trinajstić information content (AvgIpc) is 3.65. The van der Waals surface area contributed by atoms with Gasteiger partial charge in [-0.05, 0) is 78.9 Å². The topological polar surface area (TPSA) is 38.7 Å². The summed E-state index contributed by atoms with van der Waals surface area (Å²) in [6, 6.07) is 84.2. The van der Waals surface area contributed by atoms with Crippen molar-refractivity contribution in [1.82, 2.24) is 15.0 Å². The van der Waals surface area contributed by atoms with Gasteiger partial charge in [-0.15, -0.1) is 0 Å². The summed E-state index contributed by atoms with van der Waals surface area (Å²) in [5.74, 6) is 1.88. The minimum atomic E-state index is -0.480. The van der Waals surface area contributed by atoms with E-state index in [4.69, 9.17) is 15.0 Å². The van der Waals surface area contributed by atoms with Crippen LogP contribution in [0.3, 0.4) is 0 Å². The first-order valence-electron chi connectivity index (χ1n) is 20.8. The van der Waals surface area contributed by atoms with Crippen LogP contribution in [0.15, 0.2) is 237 Å². The Kier molecular flexibility index (Phi) is 9.05. The van der Waals surface area contributed by atoms with E-state index in [0.717, 1.165) is 38.9 Å². The number of benzene rings is 9. The minimum Gasteiger partial charge on any atom is -0.208 e. The highest BCUT2D eigenvalue weighted by molar-refractivity contribution is 5.89. The summed E-state index contributed by atoms with van der Waals surface area (Å²) in [6.45, 7) is 0. The second kappa shape index (κ2) is 15.3. The molecule has 286 valence electrons. The highest BCUT2D eigenvalue weighted by Crippen LogP contribution is 2.56. The second-order valence-electron chi connectivity index (χ2n) is 15.6. The molecule has 0 aliphatic heterocycles. The summed E-state index contributed by atoms with van der Waals surface area (Å²) in [7, 11) is 0. The lowest BCUT2D eigenvalue weighted by atomic mass is 9.67. The van der Waals surface area contributed by atoms with Gasteiger partial charge in [0.1, 0.15) is 0 Å². The molecule has 3 nitrogen and oxygen atoms in total.